The molecule has 0 aromatic carbocycles. The summed E-state index contributed by atoms with van der Waals surface area (Å²) in [6.45, 7) is 4.34. The minimum Gasteiger partial charge on any atom is -0.258 e. The number of hydrogen-bond acceptors (Lipinski definition) is 1. The van der Waals surface area contributed by atoms with E-state index in [0.29, 0.717) is 0 Å². The van der Waals surface area contributed by atoms with Gasteiger partial charge in [-0.3, -0.25) is 4.98 Å². The number of rotatable bonds is 0. The molecule has 1 heterocycles. The van der Waals surface area contributed by atoms with Gasteiger partial charge in [-0.05, 0) is 37.3 Å². The molecule has 0 radical (unpaired) electrons. The third-order valence-corrected chi connectivity index (χ3v) is 2.49. The van der Waals surface area contributed by atoms with Gasteiger partial charge in [0, 0.05) is 11.4 Å². The zero-order valence-electron chi connectivity index (χ0n) is 7.09. The lowest BCUT2D eigenvalue weighted by Crippen LogP contribution is -1.91. The number of aryl methyl sites for hydroxylation is 2. The van der Waals surface area contributed by atoms with Crippen molar-refractivity contribution in [3.05, 3.63) is 29.1 Å². The maximum absolute atomic E-state index is 4.50. The summed E-state index contributed by atoms with van der Waals surface area (Å²) in [5.74, 6) is 0.734. The summed E-state index contributed by atoms with van der Waals surface area (Å²) in [5.41, 5.74) is 3.95. The number of aromatic nitrogens is 1. The van der Waals surface area contributed by atoms with E-state index in [4.69, 9.17) is 0 Å². The first-order valence-corrected chi connectivity index (χ1v) is 4.24. The van der Waals surface area contributed by atoms with E-state index in [-0.39, 0.29) is 0 Å². The second-order valence-corrected chi connectivity index (χ2v) is 3.43. The first-order valence-electron chi connectivity index (χ1n) is 4.24. The highest BCUT2D eigenvalue weighted by Crippen LogP contribution is 2.30. The molecule has 0 bridgehead atoms. The van der Waals surface area contributed by atoms with Gasteiger partial charge in [0.1, 0.15) is 0 Å². The van der Waals surface area contributed by atoms with Crippen LogP contribution in [0.2, 0.25) is 0 Å². The largest absolute Gasteiger partial charge is 0.258 e. The summed E-state index contributed by atoms with van der Waals surface area (Å²) < 4.78 is 0. The molecule has 0 unspecified atom stereocenters. The predicted molar refractivity (Wildman–Crippen MR) is 45.7 cm³/mol. The summed E-state index contributed by atoms with van der Waals surface area (Å²) in [7, 11) is 0. The lowest BCUT2D eigenvalue weighted by atomic mass is 10.1. The molecular weight excluding hydrogens is 134 g/mol. The van der Waals surface area contributed by atoms with Crippen LogP contribution in [-0.2, 0) is 6.42 Å². The van der Waals surface area contributed by atoms with E-state index in [2.05, 4.69) is 31.0 Å². The highest BCUT2D eigenvalue weighted by molar-refractivity contribution is 5.30. The Balaban J connectivity index is 2.50. The number of pyridine rings is 1. The molecule has 1 heteroatoms. The van der Waals surface area contributed by atoms with Crippen molar-refractivity contribution in [2.75, 3.05) is 0 Å². The zero-order valence-corrected chi connectivity index (χ0v) is 7.09. The zero-order chi connectivity index (χ0) is 7.84. The van der Waals surface area contributed by atoms with Gasteiger partial charge in [-0.25, -0.2) is 0 Å². The lowest BCUT2D eigenvalue weighted by molar-refractivity contribution is 0.746. The van der Waals surface area contributed by atoms with Gasteiger partial charge in [-0.1, -0.05) is 13.0 Å². The Labute approximate surface area is 67.5 Å². The van der Waals surface area contributed by atoms with E-state index in [9.17, 15) is 0 Å². The van der Waals surface area contributed by atoms with Crippen LogP contribution < -0.4 is 0 Å². The Bertz CT molecular complexity index is 278. The van der Waals surface area contributed by atoms with Gasteiger partial charge in [-0.2, -0.15) is 0 Å². The Hall–Kier alpha value is -0.850. The maximum atomic E-state index is 4.50. The van der Waals surface area contributed by atoms with Crippen molar-refractivity contribution in [1.29, 1.82) is 0 Å². The topological polar surface area (TPSA) is 12.9 Å². The van der Waals surface area contributed by atoms with Crippen molar-refractivity contribution in [2.24, 2.45) is 0 Å². The van der Waals surface area contributed by atoms with Gasteiger partial charge in [-0.15, -0.1) is 0 Å². The van der Waals surface area contributed by atoms with Crippen LogP contribution in [-0.4, -0.2) is 4.98 Å². The molecular formula is C10H13N. The first kappa shape index (κ1) is 6.84. The monoisotopic (exact) mass is 147 g/mol. The van der Waals surface area contributed by atoms with Gasteiger partial charge >= 0.3 is 0 Å². The fraction of sp³-hybridized carbons (Fsp3) is 0.500. The molecule has 58 valence electrons. The minimum absolute atomic E-state index is 0.734. The van der Waals surface area contributed by atoms with Crippen LogP contribution in [0.15, 0.2) is 12.1 Å². The average Bonchev–Trinajstić information content (AvgIpc) is 2.32. The van der Waals surface area contributed by atoms with Crippen LogP contribution in [0.5, 0.6) is 0 Å². The third-order valence-electron chi connectivity index (χ3n) is 2.49. The fourth-order valence-corrected chi connectivity index (χ4v) is 1.78. The molecule has 0 fully saturated rings. The van der Waals surface area contributed by atoms with Gasteiger partial charge in [0.25, 0.3) is 0 Å². The van der Waals surface area contributed by atoms with Crippen LogP contribution in [0.1, 0.15) is 36.2 Å². The van der Waals surface area contributed by atoms with E-state index in [0.717, 1.165) is 11.6 Å². The van der Waals surface area contributed by atoms with E-state index >= 15 is 0 Å². The van der Waals surface area contributed by atoms with E-state index < -0.39 is 0 Å². The molecule has 1 aliphatic rings. The van der Waals surface area contributed by atoms with Gasteiger partial charge in [0.05, 0.1) is 0 Å². The van der Waals surface area contributed by atoms with E-state index in [1.807, 2.05) is 0 Å². The van der Waals surface area contributed by atoms with Crippen molar-refractivity contribution < 1.29 is 0 Å². The molecule has 0 aliphatic heterocycles. The smallest absolute Gasteiger partial charge is 0.0441 e. The summed E-state index contributed by atoms with van der Waals surface area (Å²) in [6, 6.07) is 4.34. The number of nitrogens with zero attached hydrogens (tertiary/aromatic N) is 1. The van der Waals surface area contributed by atoms with Crippen molar-refractivity contribution >= 4 is 0 Å². The molecule has 0 N–H and O–H groups in total. The van der Waals surface area contributed by atoms with E-state index in [1.54, 1.807) is 0 Å². The van der Waals surface area contributed by atoms with E-state index in [1.165, 1.54) is 24.1 Å². The van der Waals surface area contributed by atoms with Crippen molar-refractivity contribution in [2.45, 2.75) is 32.6 Å². The van der Waals surface area contributed by atoms with Gasteiger partial charge in [0.2, 0.25) is 0 Å². The van der Waals surface area contributed by atoms with Gasteiger partial charge < -0.3 is 0 Å². The predicted octanol–water partition coefficient (Wildman–Crippen LogP) is 2.44. The van der Waals surface area contributed by atoms with Gasteiger partial charge in [0.15, 0.2) is 0 Å². The maximum Gasteiger partial charge on any atom is 0.0441 e. The molecule has 0 saturated carbocycles. The highest BCUT2D eigenvalue weighted by atomic mass is 14.7. The summed E-state index contributed by atoms with van der Waals surface area (Å²) in [6.07, 6.45) is 2.46. The second kappa shape index (κ2) is 2.33. The van der Waals surface area contributed by atoms with Crippen molar-refractivity contribution in [3.63, 3.8) is 0 Å². The number of fused-ring (bicyclic) bond motifs is 1. The van der Waals surface area contributed by atoms with Crippen LogP contribution in [0.3, 0.4) is 0 Å². The Morgan fingerprint density at radius 2 is 2.27 bits per heavy atom. The lowest BCUT2D eigenvalue weighted by Gasteiger charge is -2.02. The molecule has 11 heavy (non-hydrogen) atoms. The number of hydrogen-bond donors (Lipinski definition) is 0. The molecule has 1 aromatic rings. The standard InChI is InChI=1S/C10H13N/c1-7-3-6-10-9(7)5-4-8(2)11-10/h4-5,7H,3,6H2,1-2H3/t7-/m0/s1. The summed E-state index contributed by atoms with van der Waals surface area (Å²) in [4.78, 5) is 4.50. The molecule has 2 rings (SSSR count). The Morgan fingerprint density at radius 1 is 1.45 bits per heavy atom. The summed E-state index contributed by atoms with van der Waals surface area (Å²) >= 11 is 0. The highest BCUT2D eigenvalue weighted by Gasteiger charge is 2.18. The first-order chi connectivity index (χ1) is 5.27. The molecule has 1 aromatic heterocycles. The van der Waals surface area contributed by atoms with Crippen LogP contribution >= 0.6 is 0 Å². The van der Waals surface area contributed by atoms with Crippen LogP contribution in [0.4, 0.5) is 0 Å². The quantitative estimate of drug-likeness (QED) is 0.549. The Kier molecular flexibility index (Phi) is 1.45. The third kappa shape index (κ3) is 1.05. The van der Waals surface area contributed by atoms with Crippen LogP contribution in [0, 0.1) is 6.92 Å². The normalized spacial score (nSPS) is 21.8. The molecule has 0 spiro atoms. The second-order valence-electron chi connectivity index (χ2n) is 3.43. The average molecular weight is 147 g/mol. The summed E-state index contributed by atoms with van der Waals surface area (Å²) in [5, 5.41) is 0. The Morgan fingerprint density at radius 3 is 3.09 bits per heavy atom. The molecule has 0 amide bonds. The molecule has 1 atom stereocenters. The molecule has 1 nitrogen and oxygen atoms in total. The fourth-order valence-electron chi connectivity index (χ4n) is 1.78. The minimum atomic E-state index is 0.734. The van der Waals surface area contributed by atoms with Crippen LogP contribution in [0.25, 0.3) is 0 Å². The SMILES string of the molecule is Cc1ccc2c(n1)CC[C@@H]2C. The van der Waals surface area contributed by atoms with Crippen molar-refractivity contribution in [1.82, 2.24) is 4.98 Å². The molecule has 0 saturated heterocycles. The molecule has 1 aliphatic carbocycles. The van der Waals surface area contributed by atoms with Crippen molar-refractivity contribution in [3.8, 4) is 0 Å².